The summed E-state index contributed by atoms with van der Waals surface area (Å²) in [5.41, 5.74) is 0.509. The van der Waals surface area contributed by atoms with Gasteiger partial charge in [0.2, 0.25) is 5.78 Å². The lowest BCUT2D eigenvalue weighted by atomic mass is 10.1. The van der Waals surface area contributed by atoms with Gasteiger partial charge in [-0.05, 0) is 24.3 Å². The zero-order chi connectivity index (χ0) is 10.7. The molecule has 0 unspecified atom stereocenters. The molecule has 0 N–H and O–H groups in total. The predicted molar refractivity (Wildman–Crippen MR) is 55.1 cm³/mol. The molecule has 0 saturated carbocycles. The minimum Gasteiger partial charge on any atom is -0.496 e. The zero-order valence-electron chi connectivity index (χ0n) is 8.27. The maximum Gasteiger partial charge on any atom is 0.231 e. The molecule has 3 heteroatoms. The Morgan fingerprint density at radius 1 is 1.20 bits per heavy atom. The molecule has 0 aliphatic rings. The molecular weight excluding hydrogens is 192 g/mol. The van der Waals surface area contributed by atoms with Crippen molar-refractivity contribution >= 4 is 5.78 Å². The van der Waals surface area contributed by atoms with E-state index in [-0.39, 0.29) is 5.78 Å². The third-order valence-electron chi connectivity index (χ3n) is 2.10. The highest BCUT2D eigenvalue weighted by Crippen LogP contribution is 2.20. The first-order chi connectivity index (χ1) is 7.33. The van der Waals surface area contributed by atoms with Gasteiger partial charge in [0.1, 0.15) is 5.75 Å². The quantitative estimate of drug-likeness (QED) is 0.718. The lowest BCUT2D eigenvalue weighted by Gasteiger charge is -2.04. The van der Waals surface area contributed by atoms with Gasteiger partial charge in [-0.2, -0.15) is 0 Å². The van der Waals surface area contributed by atoms with Crippen molar-refractivity contribution in [2.75, 3.05) is 7.11 Å². The van der Waals surface area contributed by atoms with E-state index in [1.54, 1.807) is 30.3 Å². The van der Waals surface area contributed by atoms with Crippen molar-refractivity contribution < 1.29 is 13.9 Å². The van der Waals surface area contributed by atoms with E-state index in [0.29, 0.717) is 17.1 Å². The van der Waals surface area contributed by atoms with Crippen LogP contribution >= 0.6 is 0 Å². The maximum absolute atomic E-state index is 11.9. The van der Waals surface area contributed by atoms with Crippen molar-refractivity contribution in [1.29, 1.82) is 0 Å². The molecule has 1 aromatic heterocycles. The van der Waals surface area contributed by atoms with Crippen molar-refractivity contribution in [3.05, 3.63) is 54.0 Å². The summed E-state index contributed by atoms with van der Waals surface area (Å²) in [4.78, 5) is 11.9. The molecule has 76 valence electrons. The standard InChI is InChI=1S/C12H10O3/c1-14-10-6-3-2-5-9(10)12(13)11-7-4-8-15-11/h2-8H,1H3. The number of ketones is 1. The lowest BCUT2D eigenvalue weighted by molar-refractivity contribution is 0.101. The van der Waals surface area contributed by atoms with E-state index in [1.165, 1.54) is 13.4 Å². The van der Waals surface area contributed by atoms with Crippen LogP contribution in [0.15, 0.2) is 47.1 Å². The lowest BCUT2D eigenvalue weighted by Crippen LogP contribution is -2.02. The molecule has 0 fully saturated rings. The van der Waals surface area contributed by atoms with Gasteiger partial charge in [0.15, 0.2) is 5.76 Å². The number of hydrogen-bond donors (Lipinski definition) is 0. The highest BCUT2D eigenvalue weighted by molar-refractivity contribution is 6.08. The Balaban J connectivity index is 2.42. The van der Waals surface area contributed by atoms with Crippen LogP contribution in [0.3, 0.4) is 0 Å². The van der Waals surface area contributed by atoms with Crippen LogP contribution in [0.2, 0.25) is 0 Å². The smallest absolute Gasteiger partial charge is 0.231 e. The number of para-hydroxylation sites is 1. The second-order valence-corrected chi connectivity index (χ2v) is 3.01. The second-order valence-electron chi connectivity index (χ2n) is 3.01. The van der Waals surface area contributed by atoms with Crippen LogP contribution in [-0.4, -0.2) is 12.9 Å². The molecule has 1 heterocycles. The predicted octanol–water partition coefficient (Wildman–Crippen LogP) is 2.52. The number of benzene rings is 1. The third kappa shape index (κ3) is 1.76. The summed E-state index contributed by atoms with van der Waals surface area (Å²) >= 11 is 0. The fourth-order valence-corrected chi connectivity index (χ4v) is 1.37. The molecule has 2 rings (SSSR count). The van der Waals surface area contributed by atoms with Crippen LogP contribution in [0.4, 0.5) is 0 Å². The summed E-state index contributed by atoms with van der Waals surface area (Å²) in [6, 6.07) is 10.4. The molecule has 0 saturated heterocycles. The Labute approximate surface area is 87.3 Å². The van der Waals surface area contributed by atoms with Crippen molar-refractivity contribution in [2.24, 2.45) is 0 Å². The average molecular weight is 202 g/mol. The van der Waals surface area contributed by atoms with Crippen molar-refractivity contribution in [2.45, 2.75) is 0 Å². The number of furan rings is 1. The van der Waals surface area contributed by atoms with Gasteiger partial charge in [0.05, 0.1) is 18.9 Å². The van der Waals surface area contributed by atoms with E-state index in [0.717, 1.165) is 0 Å². The molecule has 0 aliphatic carbocycles. The number of methoxy groups -OCH3 is 1. The molecule has 0 radical (unpaired) electrons. The molecule has 15 heavy (non-hydrogen) atoms. The van der Waals surface area contributed by atoms with Gasteiger partial charge in [0.25, 0.3) is 0 Å². The normalized spacial score (nSPS) is 9.93. The van der Waals surface area contributed by atoms with Gasteiger partial charge >= 0.3 is 0 Å². The van der Waals surface area contributed by atoms with Crippen LogP contribution in [-0.2, 0) is 0 Å². The molecule has 0 spiro atoms. The summed E-state index contributed by atoms with van der Waals surface area (Å²) in [6.07, 6.45) is 1.47. The topological polar surface area (TPSA) is 39.4 Å². The Morgan fingerprint density at radius 3 is 2.67 bits per heavy atom. The Kier molecular flexibility index (Phi) is 2.54. The summed E-state index contributed by atoms with van der Waals surface area (Å²) in [5.74, 6) is 0.704. The van der Waals surface area contributed by atoms with Crippen LogP contribution < -0.4 is 4.74 Å². The van der Waals surface area contributed by atoms with E-state index in [2.05, 4.69) is 0 Å². The summed E-state index contributed by atoms with van der Waals surface area (Å²) in [5, 5.41) is 0. The number of hydrogen-bond acceptors (Lipinski definition) is 3. The highest BCUT2D eigenvalue weighted by atomic mass is 16.5. The largest absolute Gasteiger partial charge is 0.496 e. The Morgan fingerprint density at radius 2 is 2.00 bits per heavy atom. The molecular formula is C12H10O3. The van der Waals surface area contributed by atoms with Crippen molar-refractivity contribution in [3.8, 4) is 5.75 Å². The van der Waals surface area contributed by atoms with Gasteiger partial charge in [-0.3, -0.25) is 4.79 Å². The van der Waals surface area contributed by atoms with Gasteiger partial charge in [-0.15, -0.1) is 0 Å². The van der Waals surface area contributed by atoms with Crippen LogP contribution in [0.25, 0.3) is 0 Å². The average Bonchev–Trinajstić information content (AvgIpc) is 2.81. The molecule has 0 bridgehead atoms. The number of carbonyl (C=O) groups is 1. The SMILES string of the molecule is COc1ccccc1C(=O)c1ccco1. The maximum atomic E-state index is 11.9. The molecule has 0 atom stereocenters. The van der Waals surface area contributed by atoms with Crippen molar-refractivity contribution in [3.63, 3.8) is 0 Å². The third-order valence-corrected chi connectivity index (χ3v) is 2.10. The first-order valence-corrected chi connectivity index (χ1v) is 4.54. The highest BCUT2D eigenvalue weighted by Gasteiger charge is 2.15. The molecule has 1 aromatic carbocycles. The molecule has 3 nitrogen and oxygen atoms in total. The number of ether oxygens (including phenoxy) is 1. The fourth-order valence-electron chi connectivity index (χ4n) is 1.37. The molecule has 0 aliphatic heterocycles. The first-order valence-electron chi connectivity index (χ1n) is 4.54. The molecule has 0 amide bonds. The van der Waals surface area contributed by atoms with E-state index in [4.69, 9.17) is 9.15 Å². The van der Waals surface area contributed by atoms with Crippen LogP contribution in [0.5, 0.6) is 5.75 Å². The van der Waals surface area contributed by atoms with E-state index >= 15 is 0 Å². The fraction of sp³-hybridized carbons (Fsp3) is 0.0833. The van der Waals surface area contributed by atoms with E-state index in [9.17, 15) is 4.79 Å². The van der Waals surface area contributed by atoms with Crippen LogP contribution in [0.1, 0.15) is 16.1 Å². The zero-order valence-corrected chi connectivity index (χ0v) is 8.27. The van der Waals surface area contributed by atoms with Gasteiger partial charge in [0, 0.05) is 0 Å². The van der Waals surface area contributed by atoms with Gasteiger partial charge < -0.3 is 9.15 Å². The summed E-state index contributed by atoms with van der Waals surface area (Å²) in [7, 11) is 1.54. The van der Waals surface area contributed by atoms with Crippen LogP contribution in [0, 0.1) is 0 Å². The van der Waals surface area contributed by atoms with E-state index in [1.807, 2.05) is 6.07 Å². The Bertz CT molecular complexity index is 457. The Hall–Kier alpha value is -2.03. The van der Waals surface area contributed by atoms with Gasteiger partial charge in [-0.25, -0.2) is 0 Å². The minimum atomic E-state index is -0.169. The number of rotatable bonds is 3. The van der Waals surface area contributed by atoms with Crippen molar-refractivity contribution in [1.82, 2.24) is 0 Å². The summed E-state index contributed by atoms with van der Waals surface area (Å²) < 4.78 is 10.1. The number of carbonyl (C=O) groups excluding carboxylic acids is 1. The first kappa shape index (κ1) is 9.52. The van der Waals surface area contributed by atoms with E-state index < -0.39 is 0 Å². The van der Waals surface area contributed by atoms with Gasteiger partial charge in [-0.1, -0.05) is 12.1 Å². The second kappa shape index (κ2) is 4.00. The minimum absolute atomic E-state index is 0.169. The summed E-state index contributed by atoms with van der Waals surface area (Å²) in [6.45, 7) is 0. The molecule has 2 aromatic rings. The monoisotopic (exact) mass is 202 g/mol.